The molecule has 0 atom stereocenters. The molecule has 3 rings (SSSR count). The number of anilines is 1. The number of aryl methyl sites for hydroxylation is 2. The first kappa shape index (κ1) is 19.0. The molecular weight excluding hydrogens is 362 g/mol. The van der Waals surface area contributed by atoms with Crippen LogP contribution in [-0.2, 0) is 20.9 Å². The van der Waals surface area contributed by atoms with E-state index in [0.29, 0.717) is 5.69 Å². The lowest BCUT2D eigenvalue weighted by molar-refractivity contribution is -0.141. The zero-order valence-corrected chi connectivity index (χ0v) is 16.1. The molecule has 1 aromatic carbocycles. The number of ether oxygens (including phenoxy) is 1. The van der Waals surface area contributed by atoms with Crippen molar-refractivity contribution >= 4 is 35.0 Å². The van der Waals surface area contributed by atoms with Gasteiger partial charge in [0, 0.05) is 18.1 Å². The molecule has 7 heteroatoms. The van der Waals surface area contributed by atoms with E-state index >= 15 is 0 Å². The number of fused-ring (bicyclic) bond motifs is 1. The predicted molar refractivity (Wildman–Crippen MR) is 107 cm³/mol. The van der Waals surface area contributed by atoms with E-state index in [9.17, 15) is 9.59 Å². The minimum Gasteiger partial charge on any atom is -0.458 e. The molecule has 0 spiro atoms. The Morgan fingerprint density at radius 3 is 2.81 bits per heavy atom. The third kappa shape index (κ3) is 5.34. The highest BCUT2D eigenvalue weighted by molar-refractivity contribution is 8.00. The molecule has 2 heterocycles. The summed E-state index contributed by atoms with van der Waals surface area (Å²) < 4.78 is 7.09. The largest absolute Gasteiger partial charge is 0.458 e. The van der Waals surface area contributed by atoms with Gasteiger partial charge in [-0.25, -0.2) is 4.98 Å². The van der Waals surface area contributed by atoms with Crippen molar-refractivity contribution in [2.45, 2.75) is 20.5 Å². The van der Waals surface area contributed by atoms with E-state index in [-0.39, 0.29) is 30.0 Å². The number of esters is 1. The number of imidazole rings is 1. The van der Waals surface area contributed by atoms with E-state index in [4.69, 9.17) is 4.74 Å². The van der Waals surface area contributed by atoms with Crippen LogP contribution < -0.4 is 5.32 Å². The number of rotatable bonds is 7. The number of pyridine rings is 1. The number of hydrogen-bond donors (Lipinski definition) is 1. The van der Waals surface area contributed by atoms with Gasteiger partial charge >= 0.3 is 5.97 Å². The van der Waals surface area contributed by atoms with Crippen LogP contribution in [-0.4, -0.2) is 32.8 Å². The second kappa shape index (κ2) is 8.73. The van der Waals surface area contributed by atoms with Crippen molar-refractivity contribution < 1.29 is 14.3 Å². The number of nitrogens with one attached hydrogen (secondary N) is 1. The molecule has 0 saturated heterocycles. The molecule has 27 heavy (non-hydrogen) atoms. The van der Waals surface area contributed by atoms with Crippen LogP contribution in [0.1, 0.15) is 16.8 Å². The van der Waals surface area contributed by atoms with E-state index in [1.54, 1.807) is 0 Å². The van der Waals surface area contributed by atoms with Crippen molar-refractivity contribution in [3.05, 3.63) is 65.6 Å². The summed E-state index contributed by atoms with van der Waals surface area (Å²) in [5.74, 6) is -0.193. The summed E-state index contributed by atoms with van der Waals surface area (Å²) in [6.07, 6.45) is 3.71. The number of hydrogen-bond acceptors (Lipinski definition) is 5. The van der Waals surface area contributed by atoms with Crippen molar-refractivity contribution in [2.75, 3.05) is 16.8 Å². The molecular formula is C20H21N3O3S. The van der Waals surface area contributed by atoms with E-state index < -0.39 is 0 Å². The van der Waals surface area contributed by atoms with Gasteiger partial charge in [-0.1, -0.05) is 23.8 Å². The van der Waals surface area contributed by atoms with Gasteiger partial charge in [0.2, 0.25) is 5.91 Å². The first-order valence-corrected chi connectivity index (χ1v) is 9.70. The number of aromatic nitrogens is 2. The lowest BCUT2D eigenvalue weighted by Crippen LogP contribution is -2.17. The van der Waals surface area contributed by atoms with E-state index in [2.05, 4.69) is 10.3 Å². The van der Waals surface area contributed by atoms with Gasteiger partial charge in [0.15, 0.2) is 0 Å². The third-order valence-electron chi connectivity index (χ3n) is 3.90. The number of amides is 1. The molecule has 0 bridgehead atoms. The van der Waals surface area contributed by atoms with Gasteiger partial charge in [-0.15, -0.1) is 11.8 Å². The summed E-state index contributed by atoms with van der Waals surface area (Å²) in [7, 11) is 0. The smallest absolute Gasteiger partial charge is 0.316 e. The zero-order chi connectivity index (χ0) is 19.2. The molecule has 1 N–H and O–H groups in total. The molecule has 0 unspecified atom stereocenters. The van der Waals surface area contributed by atoms with Crippen LogP contribution in [0.2, 0.25) is 0 Å². The maximum atomic E-state index is 12.0. The SMILES string of the molecule is Cc1ccc(NC(=O)CSCC(=O)OCc2cn3ccccc3n2)c(C)c1. The van der Waals surface area contributed by atoms with Crippen LogP contribution in [0, 0.1) is 13.8 Å². The molecule has 0 saturated carbocycles. The minimum absolute atomic E-state index is 0.119. The molecule has 2 aromatic heterocycles. The summed E-state index contributed by atoms with van der Waals surface area (Å²) in [4.78, 5) is 28.2. The Balaban J connectivity index is 1.39. The van der Waals surface area contributed by atoms with Gasteiger partial charge in [0.05, 0.1) is 17.2 Å². The fraction of sp³-hybridized carbons (Fsp3) is 0.250. The summed E-state index contributed by atoms with van der Waals surface area (Å²) in [6.45, 7) is 4.08. The molecule has 140 valence electrons. The van der Waals surface area contributed by atoms with Gasteiger partial charge in [-0.05, 0) is 37.6 Å². The number of thioether (sulfide) groups is 1. The summed E-state index contributed by atoms with van der Waals surface area (Å²) in [5, 5.41) is 2.86. The van der Waals surface area contributed by atoms with Crippen molar-refractivity contribution in [1.29, 1.82) is 0 Å². The lowest BCUT2D eigenvalue weighted by Gasteiger charge is -2.09. The molecule has 3 aromatic rings. The van der Waals surface area contributed by atoms with E-state index in [1.165, 1.54) is 11.8 Å². The third-order valence-corrected chi connectivity index (χ3v) is 4.81. The normalized spacial score (nSPS) is 10.7. The molecule has 6 nitrogen and oxygen atoms in total. The Morgan fingerprint density at radius 1 is 1.19 bits per heavy atom. The van der Waals surface area contributed by atoms with Crippen LogP contribution in [0.15, 0.2) is 48.8 Å². The van der Waals surface area contributed by atoms with E-state index in [0.717, 1.165) is 22.5 Å². The van der Waals surface area contributed by atoms with Gasteiger partial charge < -0.3 is 14.5 Å². The van der Waals surface area contributed by atoms with Gasteiger partial charge in [0.1, 0.15) is 12.3 Å². The number of benzene rings is 1. The Morgan fingerprint density at radius 2 is 2.04 bits per heavy atom. The fourth-order valence-electron chi connectivity index (χ4n) is 2.62. The standard InChI is InChI=1S/C20H21N3O3S/c1-14-6-7-17(15(2)9-14)22-19(24)12-27-13-20(25)26-11-16-10-23-8-4-3-5-18(23)21-16/h3-10H,11-13H2,1-2H3,(H,22,24). The molecule has 1 amide bonds. The highest BCUT2D eigenvalue weighted by Gasteiger charge is 2.09. The Kier molecular flexibility index (Phi) is 6.13. The first-order chi connectivity index (χ1) is 13.0. The topological polar surface area (TPSA) is 72.7 Å². The monoisotopic (exact) mass is 383 g/mol. The zero-order valence-electron chi connectivity index (χ0n) is 15.3. The molecule has 0 aliphatic heterocycles. The molecule has 0 radical (unpaired) electrons. The second-order valence-electron chi connectivity index (χ2n) is 6.22. The predicted octanol–water partition coefficient (Wildman–Crippen LogP) is 3.37. The average molecular weight is 383 g/mol. The van der Waals surface area contributed by atoms with Crippen molar-refractivity contribution in [3.8, 4) is 0 Å². The van der Waals surface area contributed by atoms with Gasteiger partial charge in [0.25, 0.3) is 0 Å². The Labute approximate surface area is 161 Å². The molecule has 0 aliphatic rings. The summed E-state index contributed by atoms with van der Waals surface area (Å²) in [6, 6.07) is 11.5. The lowest BCUT2D eigenvalue weighted by atomic mass is 10.1. The Bertz CT molecular complexity index is 935. The van der Waals surface area contributed by atoms with Crippen molar-refractivity contribution in [3.63, 3.8) is 0 Å². The molecule has 0 fully saturated rings. The quantitative estimate of drug-likeness (QED) is 0.634. The summed E-state index contributed by atoms with van der Waals surface area (Å²) >= 11 is 1.23. The van der Waals surface area contributed by atoms with Crippen LogP contribution in [0.3, 0.4) is 0 Å². The second-order valence-corrected chi connectivity index (χ2v) is 7.20. The van der Waals surface area contributed by atoms with Crippen molar-refractivity contribution in [1.82, 2.24) is 9.38 Å². The van der Waals surface area contributed by atoms with Crippen molar-refractivity contribution in [2.24, 2.45) is 0 Å². The summed E-state index contributed by atoms with van der Waals surface area (Å²) in [5.41, 5.74) is 4.45. The maximum Gasteiger partial charge on any atom is 0.316 e. The van der Waals surface area contributed by atoms with Gasteiger partial charge in [-0.3, -0.25) is 9.59 Å². The fourth-order valence-corrected chi connectivity index (χ4v) is 3.23. The maximum absolute atomic E-state index is 12.0. The first-order valence-electron chi connectivity index (χ1n) is 8.54. The average Bonchev–Trinajstić information content (AvgIpc) is 3.05. The van der Waals surface area contributed by atoms with Crippen LogP contribution >= 0.6 is 11.8 Å². The highest BCUT2D eigenvalue weighted by Crippen LogP contribution is 2.16. The van der Waals surface area contributed by atoms with Crippen LogP contribution in [0.4, 0.5) is 5.69 Å². The number of carbonyl (C=O) groups excluding carboxylic acids is 2. The minimum atomic E-state index is -0.364. The highest BCUT2D eigenvalue weighted by atomic mass is 32.2. The number of carbonyl (C=O) groups is 2. The van der Waals surface area contributed by atoms with Crippen LogP contribution in [0.25, 0.3) is 5.65 Å². The number of nitrogens with zero attached hydrogens (tertiary/aromatic N) is 2. The van der Waals surface area contributed by atoms with E-state index in [1.807, 2.05) is 67.0 Å². The van der Waals surface area contributed by atoms with Gasteiger partial charge in [-0.2, -0.15) is 0 Å². The van der Waals surface area contributed by atoms with Crippen LogP contribution in [0.5, 0.6) is 0 Å². The molecule has 0 aliphatic carbocycles. The Hall–Kier alpha value is -2.80.